The number of hydrogen-bond acceptors (Lipinski definition) is 3. The van der Waals surface area contributed by atoms with Gasteiger partial charge in [0.25, 0.3) is 0 Å². The molecule has 1 aromatic carbocycles. The Morgan fingerprint density at radius 1 is 1.43 bits per heavy atom. The molecule has 0 aromatic heterocycles. The molecule has 0 aliphatic heterocycles. The number of rotatable bonds is 5. The highest BCUT2D eigenvalue weighted by Gasteiger charge is 2.05. The standard InChI is InChI=1S/C11H14O2S/c1-2-14-10-5-3-9(4-6-10)11(13)7-8-12/h3-6,8,11,13H,2,7H2,1H3. The summed E-state index contributed by atoms with van der Waals surface area (Å²) in [6.45, 7) is 2.10. The molecule has 0 radical (unpaired) electrons. The van der Waals surface area contributed by atoms with Crippen molar-refractivity contribution in [3.05, 3.63) is 29.8 Å². The van der Waals surface area contributed by atoms with E-state index in [9.17, 15) is 9.90 Å². The molecule has 1 N–H and O–H groups in total. The summed E-state index contributed by atoms with van der Waals surface area (Å²) in [6, 6.07) is 7.67. The molecule has 1 unspecified atom stereocenters. The van der Waals surface area contributed by atoms with Crippen molar-refractivity contribution in [1.29, 1.82) is 0 Å². The molecule has 0 saturated carbocycles. The summed E-state index contributed by atoms with van der Waals surface area (Å²) >= 11 is 1.76. The number of hydrogen-bond donors (Lipinski definition) is 1. The third kappa shape index (κ3) is 3.16. The molecule has 1 rings (SSSR count). The Hall–Kier alpha value is -0.800. The molecule has 0 aliphatic carbocycles. The maximum Gasteiger partial charge on any atom is 0.122 e. The van der Waals surface area contributed by atoms with Crippen molar-refractivity contribution < 1.29 is 9.90 Å². The van der Waals surface area contributed by atoms with Gasteiger partial charge in [0.05, 0.1) is 6.10 Å². The summed E-state index contributed by atoms with van der Waals surface area (Å²) in [4.78, 5) is 11.4. The van der Waals surface area contributed by atoms with Crippen LogP contribution in [-0.4, -0.2) is 17.1 Å². The van der Waals surface area contributed by atoms with E-state index in [0.717, 1.165) is 17.6 Å². The van der Waals surface area contributed by atoms with E-state index in [1.165, 1.54) is 4.90 Å². The van der Waals surface area contributed by atoms with Crippen molar-refractivity contribution in [3.8, 4) is 0 Å². The molecule has 0 saturated heterocycles. The third-order valence-corrected chi connectivity index (χ3v) is 2.79. The Morgan fingerprint density at radius 2 is 2.07 bits per heavy atom. The number of aliphatic hydroxyl groups excluding tert-OH is 1. The van der Waals surface area contributed by atoms with Crippen molar-refractivity contribution >= 4 is 18.0 Å². The molecular weight excluding hydrogens is 196 g/mol. The predicted octanol–water partition coefficient (Wildman–Crippen LogP) is 2.42. The van der Waals surface area contributed by atoms with Crippen molar-refractivity contribution in [1.82, 2.24) is 0 Å². The van der Waals surface area contributed by atoms with E-state index in [2.05, 4.69) is 6.92 Å². The molecule has 0 aliphatic rings. The Kier molecular flexibility index (Phi) is 4.70. The lowest BCUT2D eigenvalue weighted by atomic mass is 10.1. The molecule has 0 fully saturated rings. The highest BCUT2D eigenvalue weighted by molar-refractivity contribution is 7.99. The highest BCUT2D eigenvalue weighted by Crippen LogP contribution is 2.21. The van der Waals surface area contributed by atoms with Crippen molar-refractivity contribution in [2.24, 2.45) is 0 Å². The van der Waals surface area contributed by atoms with Gasteiger partial charge in [-0.05, 0) is 23.4 Å². The van der Waals surface area contributed by atoms with E-state index in [4.69, 9.17) is 0 Å². The van der Waals surface area contributed by atoms with Gasteiger partial charge in [0.15, 0.2) is 0 Å². The van der Waals surface area contributed by atoms with Crippen LogP contribution >= 0.6 is 11.8 Å². The fourth-order valence-electron chi connectivity index (χ4n) is 1.18. The van der Waals surface area contributed by atoms with Crippen molar-refractivity contribution in [2.75, 3.05) is 5.75 Å². The molecule has 0 spiro atoms. The molecule has 0 amide bonds. The molecule has 14 heavy (non-hydrogen) atoms. The lowest BCUT2D eigenvalue weighted by Crippen LogP contribution is -1.97. The summed E-state index contributed by atoms with van der Waals surface area (Å²) in [5.41, 5.74) is 0.803. The van der Waals surface area contributed by atoms with Gasteiger partial charge in [0.2, 0.25) is 0 Å². The minimum Gasteiger partial charge on any atom is -0.388 e. The fraction of sp³-hybridized carbons (Fsp3) is 0.364. The molecule has 1 aromatic rings. The first-order valence-electron chi connectivity index (χ1n) is 4.62. The van der Waals surface area contributed by atoms with Crippen LogP contribution in [0.5, 0.6) is 0 Å². The van der Waals surface area contributed by atoms with E-state index in [1.54, 1.807) is 11.8 Å². The largest absolute Gasteiger partial charge is 0.388 e. The minimum atomic E-state index is -0.659. The molecule has 76 valence electrons. The topological polar surface area (TPSA) is 37.3 Å². The molecule has 2 nitrogen and oxygen atoms in total. The number of aldehydes is 1. The van der Waals surface area contributed by atoms with Crippen LogP contribution in [0.4, 0.5) is 0 Å². The van der Waals surface area contributed by atoms with Crippen LogP contribution in [0.1, 0.15) is 25.0 Å². The van der Waals surface area contributed by atoms with Crippen LogP contribution in [0.2, 0.25) is 0 Å². The van der Waals surface area contributed by atoms with Gasteiger partial charge in [0.1, 0.15) is 6.29 Å². The number of benzene rings is 1. The summed E-state index contributed by atoms with van der Waals surface area (Å²) < 4.78 is 0. The lowest BCUT2D eigenvalue weighted by Gasteiger charge is -2.07. The van der Waals surface area contributed by atoms with E-state index >= 15 is 0 Å². The third-order valence-electron chi connectivity index (χ3n) is 1.90. The molecule has 1 atom stereocenters. The average molecular weight is 210 g/mol. The fourth-order valence-corrected chi connectivity index (χ4v) is 1.84. The second-order valence-corrected chi connectivity index (χ2v) is 4.26. The van der Waals surface area contributed by atoms with Crippen molar-refractivity contribution in [2.45, 2.75) is 24.3 Å². The average Bonchev–Trinajstić information content (AvgIpc) is 2.20. The number of thioether (sulfide) groups is 1. The van der Waals surface area contributed by atoms with Crippen LogP contribution in [0.15, 0.2) is 29.2 Å². The van der Waals surface area contributed by atoms with Gasteiger partial charge < -0.3 is 9.90 Å². The van der Waals surface area contributed by atoms with Gasteiger partial charge in [0, 0.05) is 11.3 Å². The van der Waals surface area contributed by atoms with Crippen LogP contribution in [0.3, 0.4) is 0 Å². The highest BCUT2D eigenvalue weighted by atomic mass is 32.2. The van der Waals surface area contributed by atoms with Gasteiger partial charge >= 0.3 is 0 Å². The minimum absolute atomic E-state index is 0.167. The zero-order valence-corrected chi connectivity index (χ0v) is 8.96. The van der Waals surface area contributed by atoms with E-state index in [-0.39, 0.29) is 6.42 Å². The van der Waals surface area contributed by atoms with E-state index < -0.39 is 6.10 Å². The maximum atomic E-state index is 10.2. The summed E-state index contributed by atoms with van der Waals surface area (Å²) in [7, 11) is 0. The summed E-state index contributed by atoms with van der Waals surface area (Å²) in [6.07, 6.45) is 0.243. The Morgan fingerprint density at radius 3 is 2.57 bits per heavy atom. The first kappa shape index (κ1) is 11.3. The van der Waals surface area contributed by atoms with E-state index in [0.29, 0.717) is 0 Å². The number of aliphatic hydroxyl groups is 1. The normalized spacial score (nSPS) is 12.4. The van der Waals surface area contributed by atoms with E-state index in [1.807, 2.05) is 24.3 Å². The van der Waals surface area contributed by atoms with Crippen LogP contribution in [0, 0.1) is 0 Å². The second-order valence-electron chi connectivity index (χ2n) is 2.92. The Balaban J connectivity index is 2.67. The maximum absolute atomic E-state index is 10.2. The lowest BCUT2D eigenvalue weighted by molar-refractivity contribution is -0.109. The second kappa shape index (κ2) is 5.83. The van der Waals surface area contributed by atoms with Gasteiger partial charge in [-0.2, -0.15) is 0 Å². The Bertz CT molecular complexity index is 282. The van der Waals surface area contributed by atoms with Gasteiger partial charge in [-0.1, -0.05) is 19.1 Å². The van der Waals surface area contributed by atoms with Gasteiger partial charge in [-0.15, -0.1) is 11.8 Å². The molecule has 3 heteroatoms. The SMILES string of the molecule is CCSc1ccc(C(O)CC=O)cc1. The smallest absolute Gasteiger partial charge is 0.122 e. The first-order valence-corrected chi connectivity index (χ1v) is 5.61. The van der Waals surface area contributed by atoms with Crippen LogP contribution < -0.4 is 0 Å². The zero-order valence-electron chi connectivity index (χ0n) is 8.14. The number of carbonyl (C=O) groups excluding carboxylic acids is 1. The zero-order chi connectivity index (χ0) is 10.4. The van der Waals surface area contributed by atoms with Gasteiger partial charge in [-0.3, -0.25) is 0 Å². The summed E-state index contributed by atoms with van der Waals surface area (Å²) in [5, 5.41) is 9.50. The summed E-state index contributed by atoms with van der Waals surface area (Å²) in [5.74, 6) is 1.04. The molecule has 0 heterocycles. The van der Waals surface area contributed by atoms with Crippen LogP contribution in [0.25, 0.3) is 0 Å². The monoisotopic (exact) mass is 210 g/mol. The first-order chi connectivity index (χ1) is 6.77. The number of carbonyl (C=O) groups is 1. The molecular formula is C11H14O2S. The van der Waals surface area contributed by atoms with Crippen molar-refractivity contribution in [3.63, 3.8) is 0 Å². The predicted molar refractivity (Wildman–Crippen MR) is 58.5 cm³/mol. The molecule has 0 bridgehead atoms. The van der Waals surface area contributed by atoms with Gasteiger partial charge in [-0.25, -0.2) is 0 Å². The quantitative estimate of drug-likeness (QED) is 0.599. The van der Waals surface area contributed by atoms with Crippen LogP contribution in [-0.2, 0) is 4.79 Å². The Labute approximate surface area is 88.3 Å².